The minimum absolute atomic E-state index is 0.118. The van der Waals surface area contributed by atoms with Gasteiger partial charge in [-0.05, 0) is 56.2 Å². The SMILES string of the molecule is C=C(C)C(=O)OCCOC(=O)c1ccc(-c2ccc(OC(=O)C(=C)C)c(OC)c2)cc1C(=O)OCCOC(=O)C(=C)C. The van der Waals surface area contributed by atoms with Gasteiger partial charge >= 0.3 is 29.8 Å². The first-order chi connectivity index (χ1) is 19.8. The molecule has 2 aromatic carbocycles. The molecular weight excluding hydrogens is 548 g/mol. The van der Waals surface area contributed by atoms with E-state index in [9.17, 15) is 24.0 Å². The first-order valence-corrected chi connectivity index (χ1v) is 12.5. The van der Waals surface area contributed by atoms with Gasteiger partial charge in [0.25, 0.3) is 0 Å². The molecule has 2 aromatic rings. The van der Waals surface area contributed by atoms with Crippen molar-refractivity contribution < 1.29 is 52.4 Å². The van der Waals surface area contributed by atoms with Crippen molar-refractivity contribution in [3.8, 4) is 22.6 Å². The number of esters is 5. The van der Waals surface area contributed by atoms with Gasteiger partial charge in [-0.2, -0.15) is 0 Å². The molecule has 222 valence electrons. The number of carbonyl (C=O) groups is 5. The molecule has 0 unspecified atom stereocenters. The molecule has 0 aromatic heterocycles. The summed E-state index contributed by atoms with van der Waals surface area (Å²) in [5.74, 6) is -3.27. The van der Waals surface area contributed by atoms with Crippen molar-refractivity contribution in [3.05, 3.63) is 84.0 Å². The predicted octanol–water partition coefficient (Wildman–Crippen LogP) is 4.40. The maximum absolute atomic E-state index is 13.0. The third-order valence-corrected chi connectivity index (χ3v) is 5.30. The molecule has 0 spiro atoms. The smallest absolute Gasteiger partial charge is 0.339 e. The summed E-state index contributed by atoms with van der Waals surface area (Å²) in [4.78, 5) is 60.9. The highest BCUT2D eigenvalue weighted by atomic mass is 16.6. The average Bonchev–Trinajstić information content (AvgIpc) is 2.96. The number of hydrogen-bond donors (Lipinski definition) is 0. The van der Waals surface area contributed by atoms with E-state index in [0.717, 1.165) is 0 Å². The highest BCUT2D eigenvalue weighted by molar-refractivity contribution is 6.04. The topological polar surface area (TPSA) is 141 Å². The van der Waals surface area contributed by atoms with Crippen LogP contribution in [0.25, 0.3) is 11.1 Å². The lowest BCUT2D eigenvalue weighted by Gasteiger charge is -2.14. The van der Waals surface area contributed by atoms with E-state index in [2.05, 4.69) is 19.7 Å². The van der Waals surface area contributed by atoms with Crippen LogP contribution >= 0.6 is 0 Å². The van der Waals surface area contributed by atoms with Crippen LogP contribution in [0.2, 0.25) is 0 Å². The van der Waals surface area contributed by atoms with E-state index >= 15 is 0 Å². The molecule has 11 heteroatoms. The Balaban J connectivity index is 2.33. The molecule has 0 saturated carbocycles. The Hall–Kier alpha value is -5.19. The normalized spacial score (nSPS) is 10.1. The number of rotatable bonds is 14. The third kappa shape index (κ3) is 9.47. The average molecular weight is 581 g/mol. The summed E-state index contributed by atoms with van der Waals surface area (Å²) in [5, 5.41) is 0. The molecule has 0 heterocycles. The van der Waals surface area contributed by atoms with Gasteiger partial charge in [-0.15, -0.1) is 0 Å². The Morgan fingerprint density at radius 3 is 1.52 bits per heavy atom. The monoisotopic (exact) mass is 580 g/mol. The van der Waals surface area contributed by atoms with Crippen molar-refractivity contribution >= 4 is 29.8 Å². The predicted molar refractivity (Wildman–Crippen MR) is 151 cm³/mol. The molecule has 0 saturated heterocycles. The zero-order valence-corrected chi connectivity index (χ0v) is 23.9. The van der Waals surface area contributed by atoms with Crippen molar-refractivity contribution in [3.63, 3.8) is 0 Å². The number of ether oxygens (including phenoxy) is 6. The molecule has 0 amide bonds. The quantitative estimate of drug-likeness (QED) is 0.103. The van der Waals surface area contributed by atoms with Gasteiger partial charge in [0.05, 0.1) is 18.2 Å². The summed E-state index contributed by atoms with van der Waals surface area (Å²) in [6.07, 6.45) is 0. The third-order valence-electron chi connectivity index (χ3n) is 5.30. The second-order valence-electron chi connectivity index (χ2n) is 8.90. The van der Waals surface area contributed by atoms with Gasteiger partial charge in [0, 0.05) is 16.7 Å². The summed E-state index contributed by atoms with van der Waals surface area (Å²) in [7, 11) is 1.40. The Kier molecular flexibility index (Phi) is 12.2. The summed E-state index contributed by atoms with van der Waals surface area (Å²) in [6, 6.07) is 9.06. The van der Waals surface area contributed by atoms with Gasteiger partial charge in [0.15, 0.2) is 11.5 Å². The second kappa shape index (κ2) is 15.6. The number of methoxy groups -OCH3 is 1. The zero-order valence-electron chi connectivity index (χ0n) is 23.9. The van der Waals surface area contributed by atoms with Crippen LogP contribution in [0.1, 0.15) is 41.5 Å². The maximum atomic E-state index is 13.0. The fourth-order valence-electron chi connectivity index (χ4n) is 3.13. The molecule has 0 radical (unpaired) electrons. The Labute approximate surface area is 243 Å². The fourth-order valence-corrected chi connectivity index (χ4v) is 3.13. The Morgan fingerprint density at radius 1 is 0.571 bits per heavy atom. The van der Waals surface area contributed by atoms with Gasteiger partial charge in [-0.1, -0.05) is 31.9 Å². The van der Waals surface area contributed by atoms with Crippen molar-refractivity contribution in [1.82, 2.24) is 0 Å². The first-order valence-electron chi connectivity index (χ1n) is 12.5. The molecule has 2 rings (SSSR count). The maximum Gasteiger partial charge on any atom is 0.339 e. The highest BCUT2D eigenvalue weighted by Gasteiger charge is 2.22. The lowest BCUT2D eigenvalue weighted by molar-refractivity contribution is -0.140. The van der Waals surface area contributed by atoms with E-state index in [-0.39, 0.29) is 65.8 Å². The van der Waals surface area contributed by atoms with Crippen LogP contribution in [0.4, 0.5) is 0 Å². The van der Waals surface area contributed by atoms with E-state index in [1.165, 1.54) is 46.1 Å². The number of benzene rings is 2. The molecule has 0 fully saturated rings. The molecule has 0 aliphatic heterocycles. The minimum Gasteiger partial charge on any atom is -0.493 e. The Bertz CT molecular complexity index is 1420. The minimum atomic E-state index is -0.886. The van der Waals surface area contributed by atoms with Gasteiger partial charge in [-0.25, -0.2) is 24.0 Å². The molecule has 42 heavy (non-hydrogen) atoms. The molecule has 0 N–H and O–H groups in total. The number of hydrogen-bond acceptors (Lipinski definition) is 11. The molecule has 11 nitrogen and oxygen atoms in total. The molecular formula is C31H32O11. The van der Waals surface area contributed by atoms with Gasteiger partial charge in [-0.3, -0.25) is 0 Å². The van der Waals surface area contributed by atoms with Crippen LogP contribution in [0.3, 0.4) is 0 Å². The van der Waals surface area contributed by atoms with Crippen molar-refractivity contribution in [2.24, 2.45) is 0 Å². The molecule has 0 aliphatic carbocycles. The number of carbonyl (C=O) groups excluding carboxylic acids is 5. The van der Waals surface area contributed by atoms with Crippen LogP contribution in [0, 0.1) is 0 Å². The lowest BCUT2D eigenvalue weighted by atomic mass is 9.98. The van der Waals surface area contributed by atoms with Crippen LogP contribution in [0.15, 0.2) is 72.9 Å². The highest BCUT2D eigenvalue weighted by Crippen LogP contribution is 2.34. The van der Waals surface area contributed by atoms with Crippen molar-refractivity contribution in [2.45, 2.75) is 20.8 Å². The van der Waals surface area contributed by atoms with Gasteiger partial charge < -0.3 is 28.4 Å². The standard InChI is InChI=1S/C31H32O11/c1-18(2)27(32)38-12-14-40-30(35)23-10-8-21(16-24(23)31(36)41-15-13-39-28(33)19(3)4)22-9-11-25(26(17-22)37-7)42-29(34)20(5)6/h8-11,16-17H,1,3,5,12-15H2,2,4,6-7H3. The van der Waals surface area contributed by atoms with Crippen LogP contribution in [-0.2, 0) is 33.3 Å². The molecule has 0 atom stereocenters. The summed E-state index contributed by atoms with van der Waals surface area (Å²) < 4.78 is 30.9. The largest absolute Gasteiger partial charge is 0.493 e. The van der Waals surface area contributed by atoms with E-state index < -0.39 is 29.8 Å². The summed E-state index contributed by atoms with van der Waals surface area (Å²) in [6.45, 7) is 13.9. The second-order valence-corrected chi connectivity index (χ2v) is 8.90. The van der Waals surface area contributed by atoms with E-state index in [1.807, 2.05) is 0 Å². The molecule has 0 aliphatic rings. The fraction of sp³-hybridized carbons (Fsp3) is 0.258. The van der Waals surface area contributed by atoms with Crippen LogP contribution < -0.4 is 9.47 Å². The zero-order chi connectivity index (χ0) is 31.4. The van der Waals surface area contributed by atoms with E-state index in [4.69, 9.17) is 28.4 Å². The van der Waals surface area contributed by atoms with Crippen LogP contribution in [-0.4, -0.2) is 63.4 Å². The Morgan fingerprint density at radius 2 is 1.02 bits per heavy atom. The van der Waals surface area contributed by atoms with Crippen molar-refractivity contribution in [2.75, 3.05) is 33.5 Å². The van der Waals surface area contributed by atoms with E-state index in [1.54, 1.807) is 18.2 Å². The first kappa shape index (κ1) is 33.0. The van der Waals surface area contributed by atoms with Crippen LogP contribution in [0.5, 0.6) is 11.5 Å². The lowest BCUT2D eigenvalue weighted by Crippen LogP contribution is -2.19. The summed E-state index contributed by atoms with van der Waals surface area (Å²) in [5.41, 5.74) is 1.36. The van der Waals surface area contributed by atoms with Gasteiger partial charge in [0.2, 0.25) is 0 Å². The van der Waals surface area contributed by atoms with Crippen molar-refractivity contribution in [1.29, 1.82) is 0 Å². The summed E-state index contributed by atoms with van der Waals surface area (Å²) >= 11 is 0. The van der Waals surface area contributed by atoms with Gasteiger partial charge in [0.1, 0.15) is 26.4 Å². The van der Waals surface area contributed by atoms with E-state index in [0.29, 0.717) is 11.1 Å². The molecule has 0 bridgehead atoms.